The van der Waals surface area contributed by atoms with Crippen LogP contribution in [0.5, 0.6) is 0 Å². The number of likely N-dealkylation sites (N-methyl/N-ethyl adjacent to an activating group) is 1. The molecular weight excluding hydrogens is 242 g/mol. The summed E-state index contributed by atoms with van der Waals surface area (Å²) in [6.07, 6.45) is 6.15. The summed E-state index contributed by atoms with van der Waals surface area (Å²) in [6, 6.07) is 0.448. The molecule has 2 atom stereocenters. The number of hydrogen-bond donors (Lipinski definition) is 2. The summed E-state index contributed by atoms with van der Waals surface area (Å²) in [4.78, 5) is 14.2. The lowest BCUT2D eigenvalue weighted by molar-refractivity contribution is 0.111. The topological polar surface area (TPSA) is 53.6 Å². The van der Waals surface area contributed by atoms with Gasteiger partial charge in [0.15, 0.2) is 0 Å². The number of urea groups is 1. The lowest BCUT2D eigenvalue weighted by Crippen LogP contribution is -2.49. The fourth-order valence-corrected chi connectivity index (χ4v) is 2.99. The predicted octanol–water partition coefficient (Wildman–Crippen LogP) is 1.34. The van der Waals surface area contributed by atoms with Gasteiger partial charge in [-0.05, 0) is 38.8 Å². The van der Waals surface area contributed by atoms with Crippen molar-refractivity contribution in [3.63, 3.8) is 0 Å². The molecule has 19 heavy (non-hydrogen) atoms. The van der Waals surface area contributed by atoms with Crippen LogP contribution in [-0.4, -0.2) is 55.9 Å². The van der Waals surface area contributed by atoms with Crippen molar-refractivity contribution in [2.75, 3.05) is 32.8 Å². The van der Waals surface area contributed by atoms with Crippen molar-refractivity contribution in [3.05, 3.63) is 0 Å². The summed E-state index contributed by atoms with van der Waals surface area (Å²) in [5.74, 6) is 0. The molecule has 2 fully saturated rings. The van der Waals surface area contributed by atoms with Crippen molar-refractivity contribution < 1.29 is 9.53 Å². The second kappa shape index (κ2) is 7.70. The molecule has 2 rings (SSSR count). The van der Waals surface area contributed by atoms with Gasteiger partial charge in [-0.3, -0.25) is 4.90 Å². The largest absolute Gasteiger partial charge is 0.376 e. The van der Waals surface area contributed by atoms with Gasteiger partial charge in [0, 0.05) is 25.7 Å². The van der Waals surface area contributed by atoms with Gasteiger partial charge in [-0.25, -0.2) is 4.79 Å². The van der Waals surface area contributed by atoms with E-state index >= 15 is 0 Å². The maximum absolute atomic E-state index is 11.7. The zero-order valence-electron chi connectivity index (χ0n) is 12.0. The monoisotopic (exact) mass is 269 g/mol. The number of nitrogens with zero attached hydrogens (tertiary/aromatic N) is 1. The Kier molecular flexibility index (Phi) is 5.92. The highest BCUT2D eigenvalue weighted by Gasteiger charge is 2.21. The third-order valence-electron chi connectivity index (χ3n) is 4.17. The number of carbonyl (C=O) groups is 1. The van der Waals surface area contributed by atoms with Crippen LogP contribution in [0.15, 0.2) is 0 Å². The number of piperidine rings is 1. The molecule has 0 saturated carbocycles. The van der Waals surface area contributed by atoms with Gasteiger partial charge in [-0.2, -0.15) is 0 Å². The molecule has 2 N–H and O–H groups in total. The van der Waals surface area contributed by atoms with Crippen LogP contribution >= 0.6 is 0 Å². The third-order valence-corrected chi connectivity index (χ3v) is 4.17. The number of rotatable bonds is 5. The van der Waals surface area contributed by atoms with Crippen LogP contribution < -0.4 is 10.6 Å². The molecule has 5 heteroatoms. The third kappa shape index (κ3) is 4.66. The smallest absolute Gasteiger partial charge is 0.314 e. The SMILES string of the molecule is CCN1CCCC[C@H]1CNC(=O)NC[C@@H]1CCCO1. The molecule has 0 spiro atoms. The van der Waals surface area contributed by atoms with Gasteiger partial charge >= 0.3 is 6.03 Å². The van der Waals surface area contributed by atoms with Crippen LogP contribution in [-0.2, 0) is 4.74 Å². The molecule has 110 valence electrons. The average Bonchev–Trinajstić information content (AvgIpc) is 2.96. The molecule has 0 aromatic rings. The zero-order valence-corrected chi connectivity index (χ0v) is 12.0. The van der Waals surface area contributed by atoms with Crippen molar-refractivity contribution in [1.82, 2.24) is 15.5 Å². The van der Waals surface area contributed by atoms with E-state index in [1.165, 1.54) is 25.8 Å². The molecule has 5 nitrogen and oxygen atoms in total. The van der Waals surface area contributed by atoms with Gasteiger partial charge in [-0.15, -0.1) is 0 Å². The summed E-state index contributed by atoms with van der Waals surface area (Å²) in [5.41, 5.74) is 0. The van der Waals surface area contributed by atoms with Gasteiger partial charge in [0.2, 0.25) is 0 Å². The van der Waals surface area contributed by atoms with Crippen LogP contribution in [0, 0.1) is 0 Å². The van der Waals surface area contributed by atoms with E-state index in [0.717, 1.165) is 32.5 Å². The van der Waals surface area contributed by atoms with Gasteiger partial charge in [0.1, 0.15) is 0 Å². The summed E-state index contributed by atoms with van der Waals surface area (Å²) in [6.45, 7) is 6.65. The van der Waals surface area contributed by atoms with Crippen molar-refractivity contribution in [2.45, 2.75) is 51.2 Å². The molecule has 0 bridgehead atoms. The highest BCUT2D eigenvalue weighted by molar-refractivity contribution is 5.73. The van der Waals surface area contributed by atoms with Crippen molar-refractivity contribution in [1.29, 1.82) is 0 Å². The van der Waals surface area contributed by atoms with E-state index in [1.807, 2.05) is 0 Å². The Morgan fingerprint density at radius 3 is 2.79 bits per heavy atom. The first kappa shape index (κ1) is 14.6. The fraction of sp³-hybridized carbons (Fsp3) is 0.929. The molecule has 2 heterocycles. The Bertz CT molecular complexity index is 280. The maximum atomic E-state index is 11.7. The summed E-state index contributed by atoms with van der Waals surface area (Å²) in [7, 11) is 0. The zero-order chi connectivity index (χ0) is 13.5. The number of ether oxygens (including phenoxy) is 1. The Morgan fingerprint density at radius 1 is 1.21 bits per heavy atom. The molecule has 2 aliphatic rings. The number of nitrogens with one attached hydrogen (secondary N) is 2. The van der Waals surface area contributed by atoms with E-state index in [2.05, 4.69) is 22.5 Å². The number of amides is 2. The Balaban J connectivity index is 1.61. The summed E-state index contributed by atoms with van der Waals surface area (Å²) < 4.78 is 5.48. The number of hydrogen-bond acceptors (Lipinski definition) is 3. The van der Waals surface area contributed by atoms with Crippen LogP contribution in [0.25, 0.3) is 0 Å². The van der Waals surface area contributed by atoms with E-state index in [1.54, 1.807) is 0 Å². The molecule has 0 aromatic carbocycles. The first-order valence-electron chi connectivity index (χ1n) is 7.67. The highest BCUT2D eigenvalue weighted by Crippen LogP contribution is 2.15. The molecule has 0 unspecified atom stereocenters. The predicted molar refractivity (Wildman–Crippen MR) is 75.3 cm³/mol. The van der Waals surface area contributed by atoms with Crippen molar-refractivity contribution in [2.24, 2.45) is 0 Å². The quantitative estimate of drug-likeness (QED) is 0.792. The fourth-order valence-electron chi connectivity index (χ4n) is 2.99. The molecular formula is C14H27N3O2. The van der Waals surface area contributed by atoms with Crippen molar-refractivity contribution in [3.8, 4) is 0 Å². The van der Waals surface area contributed by atoms with Gasteiger partial charge in [-0.1, -0.05) is 13.3 Å². The highest BCUT2D eigenvalue weighted by atomic mass is 16.5. The first-order valence-corrected chi connectivity index (χ1v) is 7.67. The van der Waals surface area contributed by atoms with Gasteiger partial charge in [0.05, 0.1) is 6.10 Å². The van der Waals surface area contributed by atoms with Crippen LogP contribution in [0.2, 0.25) is 0 Å². The first-order chi connectivity index (χ1) is 9.29. The van der Waals surface area contributed by atoms with Crippen LogP contribution in [0.1, 0.15) is 39.0 Å². The second-order valence-corrected chi connectivity index (χ2v) is 5.50. The van der Waals surface area contributed by atoms with Crippen molar-refractivity contribution >= 4 is 6.03 Å². The standard InChI is InChI=1S/C14H27N3O2/c1-2-17-8-4-3-6-12(17)10-15-14(18)16-11-13-7-5-9-19-13/h12-13H,2-11H2,1H3,(H2,15,16,18)/t12-,13-/m0/s1. The molecule has 2 saturated heterocycles. The molecule has 0 aromatic heterocycles. The van der Waals surface area contributed by atoms with Crippen LogP contribution in [0.4, 0.5) is 4.79 Å². The van der Waals surface area contributed by atoms with E-state index in [4.69, 9.17) is 4.74 Å². The Hall–Kier alpha value is -0.810. The van der Waals surface area contributed by atoms with E-state index in [-0.39, 0.29) is 12.1 Å². The minimum atomic E-state index is -0.0582. The summed E-state index contributed by atoms with van der Waals surface area (Å²) >= 11 is 0. The van der Waals surface area contributed by atoms with E-state index in [9.17, 15) is 4.79 Å². The van der Waals surface area contributed by atoms with Gasteiger partial charge < -0.3 is 15.4 Å². The average molecular weight is 269 g/mol. The Labute approximate surface area is 116 Å². The molecule has 2 aliphatic heterocycles. The van der Waals surface area contributed by atoms with E-state index in [0.29, 0.717) is 12.6 Å². The summed E-state index contributed by atoms with van der Waals surface area (Å²) in [5, 5.41) is 5.90. The maximum Gasteiger partial charge on any atom is 0.314 e. The lowest BCUT2D eigenvalue weighted by atomic mass is 10.0. The minimum Gasteiger partial charge on any atom is -0.376 e. The molecule has 0 aliphatic carbocycles. The number of carbonyl (C=O) groups excluding carboxylic acids is 1. The van der Waals surface area contributed by atoms with E-state index < -0.39 is 0 Å². The Morgan fingerprint density at radius 2 is 2.05 bits per heavy atom. The lowest BCUT2D eigenvalue weighted by Gasteiger charge is -2.34. The number of likely N-dealkylation sites (tertiary alicyclic amines) is 1. The molecule has 0 radical (unpaired) electrons. The molecule has 2 amide bonds. The normalized spacial score (nSPS) is 28.3. The minimum absolute atomic E-state index is 0.0582. The van der Waals surface area contributed by atoms with Gasteiger partial charge in [0.25, 0.3) is 0 Å². The second-order valence-electron chi connectivity index (χ2n) is 5.50. The van der Waals surface area contributed by atoms with Crippen LogP contribution in [0.3, 0.4) is 0 Å².